The predicted octanol–water partition coefficient (Wildman–Crippen LogP) is 4.24. The second kappa shape index (κ2) is 10.5. The van der Waals surface area contributed by atoms with E-state index in [2.05, 4.69) is 47.7 Å². The summed E-state index contributed by atoms with van der Waals surface area (Å²) in [7, 11) is 0. The fourth-order valence-corrected chi connectivity index (χ4v) is 3.62. The molecule has 2 N–H and O–H groups in total. The molecule has 168 valence electrons. The summed E-state index contributed by atoms with van der Waals surface area (Å²) in [5, 5.41) is 1.02. The molecule has 0 unspecified atom stereocenters. The molecule has 2 aromatic carbocycles. The second-order valence-corrected chi connectivity index (χ2v) is 7.82. The highest BCUT2D eigenvalue weighted by Gasteiger charge is 2.20. The summed E-state index contributed by atoms with van der Waals surface area (Å²) < 4.78 is 7.91. The quantitative estimate of drug-likeness (QED) is 0.322. The first-order chi connectivity index (χ1) is 16.5. The average Bonchev–Trinajstić information content (AvgIpc) is 2.84. The lowest BCUT2D eigenvalue weighted by atomic mass is 9.58. The highest BCUT2D eigenvalue weighted by molar-refractivity contribution is 6.68. The van der Waals surface area contributed by atoms with Crippen LogP contribution in [0.15, 0.2) is 109 Å². The minimum absolute atomic E-state index is 0.180. The minimum atomic E-state index is -0.453. The Labute approximate surface area is 198 Å². The zero-order chi connectivity index (χ0) is 23.9. The van der Waals surface area contributed by atoms with Crippen molar-refractivity contribution in [3.63, 3.8) is 0 Å². The Balaban J connectivity index is 1.64. The molecule has 0 aliphatic carbocycles. The first-order valence-electron chi connectivity index (χ1n) is 11.0. The van der Waals surface area contributed by atoms with E-state index in [1.165, 1.54) is 10.1 Å². The molecule has 0 aliphatic heterocycles. The van der Waals surface area contributed by atoms with Crippen LogP contribution in [0.1, 0.15) is 5.56 Å². The molecule has 0 fully saturated rings. The van der Waals surface area contributed by atoms with Crippen LogP contribution in [0, 0.1) is 6.92 Å². The molecule has 4 aromatic rings. The summed E-state index contributed by atoms with van der Waals surface area (Å²) in [4.78, 5) is 20.6. The van der Waals surface area contributed by atoms with Gasteiger partial charge in [-0.15, -0.1) is 0 Å². The number of anilines is 1. The van der Waals surface area contributed by atoms with Gasteiger partial charge in [-0.3, -0.25) is 9.55 Å². The van der Waals surface area contributed by atoms with Crippen molar-refractivity contribution >= 4 is 34.8 Å². The zero-order valence-corrected chi connectivity index (χ0v) is 19.0. The number of allylic oxidation sites excluding steroid dienone is 5. The van der Waals surface area contributed by atoms with Crippen molar-refractivity contribution in [2.75, 3.05) is 5.73 Å². The molecule has 34 heavy (non-hydrogen) atoms. The van der Waals surface area contributed by atoms with Crippen molar-refractivity contribution in [1.82, 2.24) is 14.5 Å². The van der Waals surface area contributed by atoms with Crippen LogP contribution >= 0.6 is 0 Å². The number of aryl methyl sites for hydroxylation is 1. The van der Waals surface area contributed by atoms with Crippen LogP contribution in [0.4, 0.5) is 5.82 Å². The number of pyridine rings is 1. The van der Waals surface area contributed by atoms with Crippen LogP contribution in [0.2, 0.25) is 6.32 Å². The maximum atomic E-state index is 12.3. The number of fused-ring (bicyclic) bond motifs is 1. The van der Waals surface area contributed by atoms with E-state index in [1.54, 1.807) is 30.6 Å². The molecule has 0 radical (unpaired) electrons. The lowest BCUT2D eigenvalue weighted by Gasteiger charge is -2.16. The number of benzene rings is 2. The Hall–Kier alpha value is -4.39. The summed E-state index contributed by atoms with van der Waals surface area (Å²) in [6.07, 6.45) is 11.1. The lowest BCUT2D eigenvalue weighted by molar-refractivity contribution is 0.587. The Morgan fingerprint density at radius 1 is 1.15 bits per heavy atom. The maximum absolute atomic E-state index is 12.3. The smallest absolute Gasteiger partial charge is 0.395 e. The largest absolute Gasteiger partial charge is 0.554 e. The number of hydrogen-bond donors (Lipinski definition) is 1. The van der Waals surface area contributed by atoms with Crippen molar-refractivity contribution in [2.24, 2.45) is 0 Å². The van der Waals surface area contributed by atoms with Gasteiger partial charge >= 0.3 is 12.6 Å². The maximum Gasteiger partial charge on any atom is 0.395 e. The van der Waals surface area contributed by atoms with E-state index in [1.807, 2.05) is 42.5 Å². The molecule has 2 aromatic heterocycles. The summed E-state index contributed by atoms with van der Waals surface area (Å²) in [5.41, 5.74) is 8.84. The third-order valence-corrected chi connectivity index (χ3v) is 5.34. The number of para-hydroxylation sites is 1. The molecule has 0 saturated carbocycles. The van der Waals surface area contributed by atoms with Crippen LogP contribution in [0.5, 0.6) is 5.75 Å². The van der Waals surface area contributed by atoms with E-state index in [9.17, 15) is 4.79 Å². The van der Waals surface area contributed by atoms with Crippen molar-refractivity contribution in [1.29, 1.82) is 0 Å². The zero-order valence-electron chi connectivity index (χ0n) is 19.0. The van der Waals surface area contributed by atoms with Gasteiger partial charge in [-0.05, 0) is 49.1 Å². The van der Waals surface area contributed by atoms with Gasteiger partial charge in [0, 0.05) is 23.5 Å². The second-order valence-electron chi connectivity index (χ2n) is 7.82. The molecule has 0 amide bonds. The fraction of sp³-hybridized carbons (Fsp3) is 0.0741. The predicted molar refractivity (Wildman–Crippen MR) is 140 cm³/mol. The van der Waals surface area contributed by atoms with Gasteiger partial charge in [0.15, 0.2) is 0 Å². The van der Waals surface area contributed by atoms with Crippen LogP contribution in [-0.4, -0.2) is 21.5 Å². The van der Waals surface area contributed by atoms with Gasteiger partial charge in [0.1, 0.15) is 17.1 Å². The standard InChI is InChI=1S/C27H25BN4O2/c1-3-7-23(32-19-16-25(29)31-27(32)33)10-5-17-28(22-14-12-20(2)13-15-22)34-24-11-4-8-21-9-6-18-30-26(21)24/h3-16,18-19H,1,17H2,2H3,(H2,29,31,33)/b10-5-,23-7+. The summed E-state index contributed by atoms with van der Waals surface area (Å²) in [5.74, 6) is 0.901. The van der Waals surface area contributed by atoms with E-state index in [4.69, 9.17) is 10.4 Å². The van der Waals surface area contributed by atoms with Crippen LogP contribution in [0.25, 0.3) is 16.6 Å². The summed E-state index contributed by atoms with van der Waals surface area (Å²) in [6.45, 7) is 5.56. The van der Waals surface area contributed by atoms with Gasteiger partial charge in [-0.2, -0.15) is 4.98 Å². The summed E-state index contributed by atoms with van der Waals surface area (Å²) >= 11 is 0. The molecule has 4 rings (SSSR count). The van der Waals surface area contributed by atoms with Gasteiger partial charge in [-0.1, -0.05) is 66.8 Å². The van der Waals surface area contributed by atoms with Gasteiger partial charge in [0.2, 0.25) is 0 Å². The molecule has 6 nitrogen and oxygen atoms in total. The molecule has 0 atom stereocenters. The molecule has 0 spiro atoms. The average molecular weight is 448 g/mol. The fourth-order valence-electron chi connectivity index (χ4n) is 3.62. The number of nitrogen functional groups attached to an aromatic ring is 1. The number of nitrogens with zero attached hydrogens (tertiary/aromatic N) is 3. The Bertz CT molecular complexity index is 1420. The van der Waals surface area contributed by atoms with E-state index < -0.39 is 5.69 Å². The van der Waals surface area contributed by atoms with Crippen molar-refractivity contribution in [3.8, 4) is 5.75 Å². The molecule has 0 saturated heterocycles. The van der Waals surface area contributed by atoms with Gasteiger partial charge in [0.05, 0.1) is 0 Å². The monoisotopic (exact) mass is 448 g/mol. The number of hydrogen-bond acceptors (Lipinski definition) is 5. The van der Waals surface area contributed by atoms with Gasteiger partial charge in [0.25, 0.3) is 0 Å². The van der Waals surface area contributed by atoms with Crippen LogP contribution < -0.4 is 21.5 Å². The molecule has 0 aliphatic rings. The Morgan fingerprint density at radius 3 is 2.71 bits per heavy atom. The number of aromatic nitrogens is 3. The molecular formula is C27H25BN4O2. The van der Waals surface area contributed by atoms with Crippen molar-refractivity contribution in [3.05, 3.63) is 120 Å². The van der Waals surface area contributed by atoms with E-state index in [-0.39, 0.29) is 12.7 Å². The minimum Gasteiger partial charge on any atom is -0.554 e. The molecule has 2 heterocycles. The van der Waals surface area contributed by atoms with E-state index in [0.29, 0.717) is 12.0 Å². The third kappa shape index (κ3) is 5.32. The van der Waals surface area contributed by atoms with Crippen LogP contribution in [-0.2, 0) is 0 Å². The van der Waals surface area contributed by atoms with E-state index in [0.717, 1.165) is 22.1 Å². The number of nitrogens with two attached hydrogens (primary N) is 1. The highest BCUT2D eigenvalue weighted by atomic mass is 16.4. The first kappa shape index (κ1) is 22.8. The van der Waals surface area contributed by atoms with Gasteiger partial charge in [-0.25, -0.2) is 4.79 Å². The molecule has 7 heteroatoms. The lowest BCUT2D eigenvalue weighted by Crippen LogP contribution is -2.36. The van der Waals surface area contributed by atoms with Gasteiger partial charge < -0.3 is 10.4 Å². The van der Waals surface area contributed by atoms with E-state index >= 15 is 0 Å². The third-order valence-electron chi connectivity index (χ3n) is 5.34. The van der Waals surface area contributed by atoms with Crippen LogP contribution in [0.3, 0.4) is 0 Å². The molecular weight excluding hydrogens is 423 g/mol. The highest BCUT2D eigenvalue weighted by Crippen LogP contribution is 2.24. The van der Waals surface area contributed by atoms with Crippen molar-refractivity contribution < 1.29 is 4.65 Å². The summed E-state index contributed by atoms with van der Waals surface area (Å²) in [6, 6.07) is 19.7. The normalized spacial score (nSPS) is 11.6. The first-order valence-corrected chi connectivity index (χ1v) is 11.0. The van der Waals surface area contributed by atoms with Crippen molar-refractivity contribution in [2.45, 2.75) is 13.2 Å². The Kier molecular flexibility index (Phi) is 7.03. The topological polar surface area (TPSA) is 83.0 Å². The molecule has 0 bridgehead atoms. The Morgan fingerprint density at radius 2 is 1.94 bits per heavy atom. The SMILES string of the molecule is C=C/C=C(\C=C/CB(Oc1cccc2cccnc12)c1ccc(C)cc1)n1ccc(N)nc1=O. The number of rotatable bonds is 8.